The van der Waals surface area contributed by atoms with Crippen LogP contribution in [0.5, 0.6) is 0 Å². The molecule has 1 saturated carbocycles. The molecule has 3 N–H and O–H groups in total. The molecular weight excluding hydrogens is 420 g/mol. The Morgan fingerprint density at radius 3 is 2.18 bits per heavy atom. The first-order chi connectivity index (χ1) is 15.8. The number of nitrogens with one attached hydrogen (secondary N) is 2. The maximum atomic E-state index is 12.7. The molecule has 0 aliphatic heterocycles. The minimum atomic E-state index is -0.829. The van der Waals surface area contributed by atoms with E-state index in [0.717, 1.165) is 22.3 Å². The number of fused-ring (bicyclic) bond motifs is 3. The number of rotatable bonds is 9. The van der Waals surface area contributed by atoms with Crippen LogP contribution >= 0.6 is 0 Å². The van der Waals surface area contributed by atoms with Crippen LogP contribution in [0, 0.1) is 17.8 Å². The van der Waals surface area contributed by atoms with Crippen molar-refractivity contribution >= 4 is 18.0 Å². The van der Waals surface area contributed by atoms with E-state index in [9.17, 15) is 14.4 Å². The van der Waals surface area contributed by atoms with Gasteiger partial charge in [0.1, 0.15) is 12.6 Å². The number of carboxylic acid groups (broad SMARTS) is 1. The van der Waals surface area contributed by atoms with Crippen molar-refractivity contribution in [2.75, 3.05) is 13.2 Å². The molecule has 0 heterocycles. The van der Waals surface area contributed by atoms with E-state index < -0.39 is 18.1 Å². The molecule has 0 aromatic heterocycles. The summed E-state index contributed by atoms with van der Waals surface area (Å²) in [5, 5.41) is 14.5. The van der Waals surface area contributed by atoms with Gasteiger partial charge in [-0.05, 0) is 46.9 Å². The van der Waals surface area contributed by atoms with Crippen molar-refractivity contribution in [1.29, 1.82) is 0 Å². The predicted molar refractivity (Wildman–Crippen MR) is 124 cm³/mol. The van der Waals surface area contributed by atoms with Crippen molar-refractivity contribution in [3.05, 3.63) is 59.7 Å². The minimum absolute atomic E-state index is 0.0411. The smallest absolute Gasteiger partial charge is 0.407 e. The zero-order chi connectivity index (χ0) is 23.5. The van der Waals surface area contributed by atoms with E-state index in [0.29, 0.717) is 19.4 Å². The Kier molecular flexibility index (Phi) is 6.67. The van der Waals surface area contributed by atoms with Crippen LogP contribution in [0.1, 0.15) is 43.7 Å². The molecule has 7 heteroatoms. The van der Waals surface area contributed by atoms with Gasteiger partial charge in [-0.15, -0.1) is 0 Å². The van der Waals surface area contributed by atoms with Crippen LogP contribution in [-0.4, -0.2) is 42.3 Å². The Balaban J connectivity index is 1.35. The van der Waals surface area contributed by atoms with E-state index in [-0.39, 0.29) is 36.2 Å². The van der Waals surface area contributed by atoms with Crippen molar-refractivity contribution in [3.63, 3.8) is 0 Å². The maximum absolute atomic E-state index is 12.7. The average Bonchev–Trinajstić information content (AvgIpc) is 3.51. The topological polar surface area (TPSA) is 105 Å². The summed E-state index contributed by atoms with van der Waals surface area (Å²) in [6, 6.07) is 15.5. The second-order valence-corrected chi connectivity index (χ2v) is 9.34. The number of ether oxygens (including phenoxy) is 1. The van der Waals surface area contributed by atoms with E-state index in [1.165, 1.54) is 0 Å². The van der Waals surface area contributed by atoms with Gasteiger partial charge < -0.3 is 20.5 Å². The fraction of sp³-hybridized carbons (Fsp3) is 0.423. The van der Waals surface area contributed by atoms with E-state index >= 15 is 0 Å². The van der Waals surface area contributed by atoms with Crippen molar-refractivity contribution in [2.45, 2.75) is 38.6 Å². The fourth-order valence-corrected chi connectivity index (χ4v) is 4.62. The molecule has 0 bridgehead atoms. The van der Waals surface area contributed by atoms with Gasteiger partial charge in [-0.25, -0.2) is 4.79 Å². The molecule has 2 aliphatic rings. The van der Waals surface area contributed by atoms with Gasteiger partial charge in [-0.3, -0.25) is 9.59 Å². The van der Waals surface area contributed by atoms with Crippen LogP contribution in [0.25, 0.3) is 11.1 Å². The first-order valence-electron chi connectivity index (χ1n) is 11.5. The predicted octanol–water partition coefficient (Wildman–Crippen LogP) is 3.78. The van der Waals surface area contributed by atoms with Gasteiger partial charge in [0.05, 0.1) is 5.92 Å². The van der Waals surface area contributed by atoms with Crippen molar-refractivity contribution in [2.24, 2.45) is 17.8 Å². The standard InChI is InChI=1S/C26H30N2O5/c1-15(2)11-23(24(29)27-13-16-12-21(16)25(30)31)28-26(32)33-14-22-19-9-5-3-7-17(19)18-8-4-6-10-20(18)22/h3-10,15-16,21-23H,11-14H2,1-2H3,(H,27,29)(H,28,32)(H,30,31)/t16?,21?,23-/m0/s1. The number of benzene rings is 2. The van der Waals surface area contributed by atoms with Crippen molar-refractivity contribution in [3.8, 4) is 11.1 Å². The quantitative estimate of drug-likeness (QED) is 0.539. The Hall–Kier alpha value is -3.35. The van der Waals surface area contributed by atoms with Gasteiger partial charge in [0.2, 0.25) is 5.91 Å². The first kappa shape index (κ1) is 22.8. The highest BCUT2D eigenvalue weighted by molar-refractivity contribution is 5.86. The molecule has 2 aromatic carbocycles. The van der Waals surface area contributed by atoms with Crippen LogP contribution in [0.2, 0.25) is 0 Å². The zero-order valence-electron chi connectivity index (χ0n) is 18.9. The van der Waals surface area contributed by atoms with Crippen LogP contribution in [0.4, 0.5) is 4.79 Å². The molecule has 2 aliphatic carbocycles. The van der Waals surface area contributed by atoms with Crippen LogP contribution in [0.3, 0.4) is 0 Å². The van der Waals surface area contributed by atoms with Gasteiger partial charge >= 0.3 is 12.1 Å². The molecule has 7 nitrogen and oxygen atoms in total. The number of hydrogen-bond acceptors (Lipinski definition) is 4. The van der Waals surface area contributed by atoms with Gasteiger partial charge in [0, 0.05) is 12.5 Å². The summed E-state index contributed by atoms with van der Waals surface area (Å²) in [5.41, 5.74) is 4.55. The minimum Gasteiger partial charge on any atom is -0.481 e. The third-order valence-corrected chi connectivity index (χ3v) is 6.44. The van der Waals surface area contributed by atoms with E-state index in [1.54, 1.807) is 0 Å². The lowest BCUT2D eigenvalue weighted by molar-refractivity contribution is -0.139. The Morgan fingerprint density at radius 2 is 1.64 bits per heavy atom. The molecule has 4 rings (SSSR count). The maximum Gasteiger partial charge on any atom is 0.407 e. The van der Waals surface area contributed by atoms with Gasteiger partial charge in [-0.2, -0.15) is 0 Å². The summed E-state index contributed by atoms with van der Waals surface area (Å²) in [6.07, 6.45) is 0.403. The summed E-state index contributed by atoms with van der Waals surface area (Å²) in [4.78, 5) is 36.3. The summed E-state index contributed by atoms with van der Waals surface area (Å²) < 4.78 is 5.58. The number of aliphatic carboxylic acids is 1. The highest BCUT2D eigenvalue weighted by Gasteiger charge is 2.43. The molecule has 2 unspecified atom stereocenters. The molecule has 0 spiro atoms. The van der Waals surface area contributed by atoms with Gasteiger partial charge in [0.25, 0.3) is 0 Å². The van der Waals surface area contributed by atoms with Gasteiger partial charge in [-0.1, -0.05) is 62.4 Å². The van der Waals surface area contributed by atoms with Crippen LogP contribution in [0.15, 0.2) is 48.5 Å². The Labute approximate surface area is 193 Å². The number of hydrogen-bond donors (Lipinski definition) is 3. The summed E-state index contributed by atoms with van der Waals surface area (Å²) >= 11 is 0. The van der Waals surface area contributed by atoms with E-state index in [1.807, 2.05) is 38.1 Å². The van der Waals surface area contributed by atoms with Crippen LogP contribution < -0.4 is 10.6 Å². The average molecular weight is 451 g/mol. The third kappa shape index (κ3) is 5.18. The highest BCUT2D eigenvalue weighted by Crippen LogP contribution is 2.44. The molecule has 0 radical (unpaired) electrons. The second-order valence-electron chi connectivity index (χ2n) is 9.34. The summed E-state index contributed by atoms with van der Waals surface area (Å²) in [7, 11) is 0. The molecule has 3 atom stereocenters. The molecule has 2 amide bonds. The number of alkyl carbamates (subject to hydrolysis) is 1. The lowest BCUT2D eigenvalue weighted by Gasteiger charge is -2.21. The summed E-state index contributed by atoms with van der Waals surface area (Å²) in [5.74, 6) is -1.44. The number of carbonyl (C=O) groups excluding carboxylic acids is 2. The number of carbonyl (C=O) groups is 3. The van der Waals surface area contributed by atoms with Crippen molar-refractivity contribution in [1.82, 2.24) is 10.6 Å². The molecule has 174 valence electrons. The molecule has 0 saturated heterocycles. The zero-order valence-corrected chi connectivity index (χ0v) is 18.9. The lowest BCUT2D eigenvalue weighted by atomic mass is 9.98. The second kappa shape index (κ2) is 9.65. The van der Waals surface area contributed by atoms with Gasteiger partial charge in [0.15, 0.2) is 0 Å². The summed E-state index contributed by atoms with van der Waals surface area (Å²) in [6.45, 7) is 4.43. The molecular formula is C26H30N2O5. The highest BCUT2D eigenvalue weighted by atomic mass is 16.5. The lowest BCUT2D eigenvalue weighted by Crippen LogP contribution is -2.48. The SMILES string of the molecule is CC(C)C[C@H](NC(=O)OCC1c2ccccc2-c2ccccc21)C(=O)NCC1CC1C(=O)O. The number of amides is 2. The third-order valence-electron chi connectivity index (χ3n) is 6.44. The van der Waals surface area contributed by atoms with Crippen LogP contribution in [-0.2, 0) is 14.3 Å². The molecule has 33 heavy (non-hydrogen) atoms. The fourth-order valence-electron chi connectivity index (χ4n) is 4.62. The normalized spacial score (nSPS) is 19.4. The molecule has 1 fully saturated rings. The van der Waals surface area contributed by atoms with E-state index in [4.69, 9.17) is 9.84 Å². The van der Waals surface area contributed by atoms with Crippen molar-refractivity contribution < 1.29 is 24.2 Å². The largest absolute Gasteiger partial charge is 0.481 e. The van der Waals surface area contributed by atoms with E-state index in [2.05, 4.69) is 34.9 Å². The Morgan fingerprint density at radius 1 is 1.03 bits per heavy atom. The monoisotopic (exact) mass is 450 g/mol. The number of carboxylic acids is 1. The first-order valence-corrected chi connectivity index (χ1v) is 11.5. The Bertz CT molecular complexity index is 1000. The molecule has 2 aromatic rings.